The zero-order chi connectivity index (χ0) is 12.8. The fraction of sp³-hybridized carbons (Fsp3) is 0.214. The van der Waals surface area contributed by atoms with E-state index in [1.54, 1.807) is 24.4 Å². The predicted octanol–water partition coefficient (Wildman–Crippen LogP) is 2.52. The van der Waals surface area contributed by atoms with Crippen LogP contribution in [0.15, 0.2) is 42.6 Å². The van der Waals surface area contributed by atoms with Gasteiger partial charge in [0.2, 0.25) is 0 Å². The van der Waals surface area contributed by atoms with Crippen LogP contribution in [0.2, 0.25) is 0 Å². The van der Waals surface area contributed by atoms with Crippen LogP contribution in [0, 0.1) is 5.82 Å². The maximum Gasteiger partial charge on any atom is 0.169 e. The number of rotatable bonds is 5. The number of aromatic nitrogens is 1. The van der Waals surface area contributed by atoms with E-state index in [0.29, 0.717) is 18.7 Å². The van der Waals surface area contributed by atoms with Crippen LogP contribution in [0.3, 0.4) is 0 Å². The zero-order valence-corrected chi connectivity index (χ0v) is 10.2. The van der Waals surface area contributed by atoms with Gasteiger partial charge in [-0.05, 0) is 18.2 Å². The summed E-state index contributed by atoms with van der Waals surface area (Å²) in [6.07, 6.45) is 1.74. The van der Waals surface area contributed by atoms with E-state index in [9.17, 15) is 4.39 Å². The first kappa shape index (κ1) is 12.5. The van der Waals surface area contributed by atoms with Crippen LogP contribution in [0.4, 0.5) is 4.39 Å². The van der Waals surface area contributed by atoms with Crippen molar-refractivity contribution in [3.05, 3.63) is 59.7 Å². The van der Waals surface area contributed by atoms with Crippen molar-refractivity contribution in [1.29, 1.82) is 0 Å². The molecule has 0 spiro atoms. The molecule has 0 fully saturated rings. The molecule has 0 aliphatic carbocycles. The molecule has 1 N–H and O–H groups in total. The summed E-state index contributed by atoms with van der Waals surface area (Å²) in [5.74, 6) is -0.0411. The highest BCUT2D eigenvalue weighted by Crippen LogP contribution is 2.19. The van der Waals surface area contributed by atoms with Gasteiger partial charge in [0.15, 0.2) is 11.6 Å². The van der Waals surface area contributed by atoms with Gasteiger partial charge in [0.1, 0.15) is 0 Å². The van der Waals surface area contributed by atoms with Gasteiger partial charge in [0.25, 0.3) is 0 Å². The number of nitrogens with one attached hydrogen (secondary N) is 1. The molecule has 0 saturated heterocycles. The Morgan fingerprint density at radius 2 is 2.06 bits per heavy atom. The minimum Gasteiger partial charge on any atom is -0.494 e. The lowest BCUT2D eigenvalue weighted by Crippen LogP contribution is -2.14. The van der Waals surface area contributed by atoms with Crippen LogP contribution in [0.5, 0.6) is 5.75 Å². The number of halogens is 1. The van der Waals surface area contributed by atoms with Gasteiger partial charge in [0.05, 0.1) is 12.8 Å². The van der Waals surface area contributed by atoms with Gasteiger partial charge in [-0.2, -0.15) is 0 Å². The summed E-state index contributed by atoms with van der Waals surface area (Å²) in [6, 6.07) is 10.8. The predicted molar refractivity (Wildman–Crippen MR) is 67.7 cm³/mol. The van der Waals surface area contributed by atoms with Gasteiger partial charge < -0.3 is 10.1 Å². The van der Waals surface area contributed by atoms with Crippen molar-refractivity contribution in [2.24, 2.45) is 0 Å². The first-order chi connectivity index (χ1) is 8.81. The fourth-order valence-corrected chi connectivity index (χ4v) is 1.68. The topological polar surface area (TPSA) is 34.1 Å². The lowest BCUT2D eigenvalue weighted by molar-refractivity contribution is 0.383. The Morgan fingerprint density at radius 1 is 1.17 bits per heavy atom. The van der Waals surface area contributed by atoms with Crippen LogP contribution in [0.1, 0.15) is 11.3 Å². The number of methoxy groups -OCH3 is 1. The van der Waals surface area contributed by atoms with Gasteiger partial charge in [-0.25, -0.2) is 4.39 Å². The molecule has 18 heavy (non-hydrogen) atoms. The number of pyridine rings is 1. The van der Waals surface area contributed by atoms with Gasteiger partial charge >= 0.3 is 0 Å². The van der Waals surface area contributed by atoms with Crippen molar-refractivity contribution in [2.75, 3.05) is 7.11 Å². The molecule has 4 heteroatoms. The van der Waals surface area contributed by atoms with Crippen LogP contribution in [-0.2, 0) is 13.1 Å². The lowest BCUT2D eigenvalue weighted by Gasteiger charge is -2.08. The van der Waals surface area contributed by atoms with Crippen molar-refractivity contribution in [3.8, 4) is 5.75 Å². The lowest BCUT2D eigenvalue weighted by atomic mass is 10.2. The largest absolute Gasteiger partial charge is 0.494 e. The number of benzene rings is 1. The van der Waals surface area contributed by atoms with E-state index in [2.05, 4.69) is 10.3 Å². The molecule has 1 aromatic heterocycles. The van der Waals surface area contributed by atoms with E-state index in [4.69, 9.17) is 4.74 Å². The Bertz CT molecular complexity index is 502. The maximum atomic E-state index is 13.8. The molecule has 1 aromatic carbocycles. The van der Waals surface area contributed by atoms with Gasteiger partial charge in [0, 0.05) is 24.8 Å². The second kappa shape index (κ2) is 6.12. The summed E-state index contributed by atoms with van der Waals surface area (Å²) in [5, 5.41) is 3.15. The third-order valence-corrected chi connectivity index (χ3v) is 2.61. The second-order valence-electron chi connectivity index (χ2n) is 3.86. The minimum atomic E-state index is -0.312. The van der Waals surface area contributed by atoms with Crippen molar-refractivity contribution < 1.29 is 9.13 Å². The van der Waals surface area contributed by atoms with E-state index in [1.807, 2.05) is 18.2 Å². The first-order valence-corrected chi connectivity index (χ1v) is 5.73. The molecule has 2 rings (SSSR count). The van der Waals surface area contributed by atoms with Crippen molar-refractivity contribution in [3.63, 3.8) is 0 Å². The number of nitrogens with zero attached hydrogens (tertiary/aromatic N) is 1. The standard InChI is InChI=1S/C14H15FN2O/c1-18-13-7-4-5-11(14(13)15)9-16-10-12-6-2-3-8-17-12/h2-8,16H,9-10H2,1H3. The van der Waals surface area contributed by atoms with E-state index >= 15 is 0 Å². The number of ether oxygens (including phenoxy) is 1. The van der Waals surface area contributed by atoms with Crippen LogP contribution >= 0.6 is 0 Å². The summed E-state index contributed by atoms with van der Waals surface area (Å²) in [6.45, 7) is 1.05. The zero-order valence-electron chi connectivity index (χ0n) is 10.2. The average molecular weight is 246 g/mol. The number of hydrogen-bond donors (Lipinski definition) is 1. The fourth-order valence-electron chi connectivity index (χ4n) is 1.68. The maximum absolute atomic E-state index is 13.8. The van der Waals surface area contributed by atoms with Crippen LogP contribution < -0.4 is 10.1 Å². The Labute approximate surface area is 106 Å². The Morgan fingerprint density at radius 3 is 2.78 bits per heavy atom. The smallest absolute Gasteiger partial charge is 0.169 e. The van der Waals surface area contributed by atoms with Crippen molar-refractivity contribution >= 4 is 0 Å². The summed E-state index contributed by atoms with van der Waals surface area (Å²) in [5.41, 5.74) is 1.52. The SMILES string of the molecule is COc1cccc(CNCc2ccccn2)c1F. The van der Waals surface area contributed by atoms with E-state index in [0.717, 1.165) is 5.69 Å². The summed E-state index contributed by atoms with van der Waals surface area (Å²) in [4.78, 5) is 4.19. The third kappa shape index (κ3) is 3.05. The molecular weight excluding hydrogens is 231 g/mol. The summed E-state index contributed by atoms with van der Waals surface area (Å²) in [7, 11) is 1.46. The molecule has 94 valence electrons. The van der Waals surface area contributed by atoms with Crippen LogP contribution in [0.25, 0.3) is 0 Å². The number of hydrogen-bond acceptors (Lipinski definition) is 3. The monoisotopic (exact) mass is 246 g/mol. The normalized spacial score (nSPS) is 10.3. The highest BCUT2D eigenvalue weighted by Gasteiger charge is 2.07. The highest BCUT2D eigenvalue weighted by atomic mass is 19.1. The molecule has 0 bridgehead atoms. The first-order valence-electron chi connectivity index (χ1n) is 5.73. The van der Waals surface area contributed by atoms with Gasteiger partial charge in [-0.1, -0.05) is 18.2 Å². The van der Waals surface area contributed by atoms with Crippen LogP contribution in [-0.4, -0.2) is 12.1 Å². The molecule has 2 aromatic rings. The average Bonchev–Trinajstić information content (AvgIpc) is 2.42. The summed E-state index contributed by atoms with van der Waals surface area (Å²) >= 11 is 0. The molecule has 0 atom stereocenters. The Kier molecular flexibility index (Phi) is 4.25. The van der Waals surface area contributed by atoms with E-state index < -0.39 is 0 Å². The van der Waals surface area contributed by atoms with Crippen molar-refractivity contribution in [2.45, 2.75) is 13.1 Å². The van der Waals surface area contributed by atoms with E-state index in [-0.39, 0.29) is 11.6 Å². The Balaban J connectivity index is 1.95. The van der Waals surface area contributed by atoms with Crippen molar-refractivity contribution in [1.82, 2.24) is 10.3 Å². The molecule has 0 unspecified atom stereocenters. The minimum absolute atomic E-state index is 0.270. The molecule has 0 amide bonds. The highest BCUT2D eigenvalue weighted by molar-refractivity contribution is 5.30. The quantitative estimate of drug-likeness (QED) is 0.880. The molecular formula is C14H15FN2O. The summed E-state index contributed by atoms with van der Waals surface area (Å²) < 4.78 is 18.8. The second-order valence-corrected chi connectivity index (χ2v) is 3.86. The molecule has 0 saturated carbocycles. The molecule has 0 aliphatic heterocycles. The molecule has 1 heterocycles. The van der Waals surface area contributed by atoms with Gasteiger partial charge in [-0.3, -0.25) is 4.98 Å². The molecule has 0 radical (unpaired) electrons. The third-order valence-electron chi connectivity index (χ3n) is 2.61. The molecule has 3 nitrogen and oxygen atoms in total. The Hall–Kier alpha value is -1.94. The van der Waals surface area contributed by atoms with Gasteiger partial charge in [-0.15, -0.1) is 0 Å². The van der Waals surface area contributed by atoms with E-state index in [1.165, 1.54) is 7.11 Å². The molecule has 0 aliphatic rings.